The highest BCUT2D eigenvalue weighted by Gasteiger charge is 2.59. The zero-order valence-corrected chi connectivity index (χ0v) is 13.7. The summed E-state index contributed by atoms with van der Waals surface area (Å²) in [6.45, 7) is 4.90. The number of hydrogen-bond acceptors (Lipinski definition) is 2. The van der Waals surface area contributed by atoms with Gasteiger partial charge in [0.2, 0.25) is 0 Å². The number of aliphatic hydroxyl groups excluding tert-OH is 2. The second-order valence-corrected chi connectivity index (χ2v) is 9.22. The van der Waals surface area contributed by atoms with Gasteiger partial charge >= 0.3 is 0 Å². The molecule has 0 bridgehead atoms. The first-order valence-corrected chi connectivity index (χ1v) is 9.31. The minimum atomic E-state index is -0.0536. The Bertz CT molecular complexity index is 422. The third-order valence-corrected chi connectivity index (χ3v) is 8.59. The first-order valence-electron chi connectivity index (χ1n) is 9.31. The number of fused-ring (bicyclic) bond motifs is 5. The predicted molar refractivity (Wildman–Crippen MR) is 83.7 cm³/mol. The van der Waals surface area contributed by atoms with Crippen molar-refractivity contribution in [1.82, 2.24) is 0 Å². The highest BCUT2D eigenvalue weighted by atomic mass is 16.3. The molecule has 0 saturated heterocycles. The van der Waals surface area contributed by atoms with Crippen molar-refractivity contribution in [1.29, 1.82) is 0 Å². The average molecular weight is 292 g/mol. The van der Waals surface area contributed by atoms with E-state index in [0.717, 1.165) is 42.9 Å². The van der Waals surface area contributed by atoms with Crippen molar-refractivity contribution in [2.24, 2.45) is 34.5 Å². The smallest absolute Gasteiger partial charge is 0.0596 e. The standard InChI is InChI=1S/C19H32O2/c1-18-9-7-13(20)11-12(18)3-4-14-15-5-6-17(21)19(15,2)10-8-16(14)18/h12-17,20-21H,3-11H2,1-2H3/t12-,13+,14?,15?,16?,17+,18+,19+/m1/s1. The summed E-state index contributed by atoms with van der Waals surface area (Å²) < 4.78 is 0. The van der Waals surface area contributed by atoms with Gasteiger partial charge in [-0.1, -0.05) is 13.8 Å². The van der Waals surface area contributed by atoms with E-state index in [4.69, 9.17) is 0 Å². The third kappa shape index (κ3) is 1.91. The normalized spacial score (nSPS) is 60.0. The van der Waals surface area contributed by atoms with E-state index < -0.39 is 0 Å². The molecule has 0 aromatic rings. The highest BCUT2D eigenvalue weighted by Crippen LogP contribution is 2.66. The Morgan fingerprint density at radius 1 is 0.762 bits per heavy atom. The number of rotatable bonds is 0. The van der Waals surface area contributed by atoms with Gasteiger partial charge in [-0.25, -0.2) is 0 Å². The molecule has 4 aliphatic carbocycles. The molecule has 4 saturated carbocycles. The molecule has 3 unspecified atom stereocenters. The van der Waals surface area contributed by atoms with E-state index >= 15 is 0 Å². The molecule has 0 heterocycles. The van der Waals surface area contributed by atoms with Gasteiger partial charge in [0, 0.05) is 0 Å². The summed E-state index contributed by atoms with van der Waals surface area (Å²) in [5.74, 6) is 3.21. The van der Waals surface area contributed by atoms with E-state index in [-0.39, 0.29) is 17.6 Å². The van der Waals surface area contributed by atoms with Gasteiger partial charge in [-0.2, -0.15) is 0 Å². The van der Waals surface area contributed by atoms with Gasteiger partial charge in [-0.3, -0.25) is 0 Å². The lowest BCUT2D eigenvalue weighted by Gasteiger charge is -2.60. The fourth-order valence-electron chi connectivity index (χ4n) is 7.21. The summed E-state index contributed by atoms with van der Waals surface area (Å²) in [5, 5.41) is 20.5. The Hall–Kier alpha value is -0.0800. The van der Waals surface area contributed by atoms with Crippen LogP contribution in [0.4, 0.5) is 0 Å². The van der Waals surface area contributed by atoms with E-state index in [0.29, 0.717) is 5.41 Å². The van der Waals surface area contributed by atoms with Crippen molar-refractivity contribution >= 4 is 0 Å². The van der Waals surface area contributed by atoms with Crippen LogP contribution in [0.3, 0.4) is 0 Å². The molecule has 21 heavy (non-hydrogen) atoms. The lowest BCUT2D eigenvalue weighted by atomic mass is 9.45. The van der Waals surface area contributed by atoms with Crippen molar-refractivity contribution < 1.29 is 10.2 Å². The Kier molecular flexibility index (Phi) is 3.25. The van der Waals surface area contributed by atoms with Gasteiger partial charge in [0.05, 0.1) is 12.2 Å². The molecule has 0 aromatic heterocycles. The summed E-state index contributed by atoms with van der Waals surface area (Å²) in [6.07, 6.45) is 10.7. The SMILES string of the molecule is C[C@]12CCC3C(CC[C@@H]4C[C@@H](O)CC[C@]34C)C1CC[C@@H]2O. The first-order chi connectivity index (χ1) is 9.95. The van der Waals surface area contributed by atoms with Crippen molar-refractivity contribution in [3.63, 3.8) is 0 Å². The average Bonchev–Trinajstić information content (AvgIpc) is 2.76. The molecule has 0 amide bonds. The number of aliphatic hydroxyl groups is 2. The zero-order valence-electron chi connectivity index (χ0n) is 13.7. The van der Waals surface area contributed by atoms with Crippen LogP contribution in [0.5, 0.6) is 0 Å². The second kappa shape index (κ2) is 4.71. The van der Waals surface area contributed by atoms with Gasteiger partial charge in [0.15, 0.2) is 0 Å². The van der Waals surface area contributed by atoms with Crippen molar-refractivity contribution in [3.05, 3.63) is 0 Å². The third-order valence-electron chi connectivity index (χ3n) is 8.59. The fourth-order valence-corrected chi connectivity index (χ4v) is 7.21. The Morgan fingerprint density at radius 3 is 2.29 bits per heavy atom. The molecule has 0 aromatic carbocycles. The van der Waals surface area contributed by atoms with E-state index in [1.165, 1.54) is 38.5 Å². The van der Waals surface area contributed by atoms with Gasteiger partial charge < -0.3 is 10.2 Å². The highest BCUT2D eigenvalue weighted by molar-refractivity contribution is 5.09. The predicted octanol–water partition coefficient (Wildman–Crippen LogP) is 3.75. The van der Waals surface area contributed by atoms with Crippen LogP contribution in [0.2, 0.25) is 0 Å². The minimum absolute atomic E-state index is 0.0400. The quantitative estimate of drug-likeness (QED) is 0.714. The monoisotopic (exact) mass is 292 g/mol. The molecule has 0 aliphatic heterocycles. The maximum absolute atomic E-state index is 10.5. The van der Waals surface area contributed by atoms with Gasteiger partial charge in [-0.15, -0.1) is 0 Å². The summed E-state index contributed by atoms with van der Waals surface area (Å²) in [4.78, 5) is 0. The Morgan fingerprint density at radius 2 is 1.48 bits per heavy atom. The maximum Gasteiger partial charge on any atom is 0.0596 e. The van der Waals surface area contributed by atoms with Crippen LogP contribution in [-0.4, -0.2) is 22.4 Å². The molecule has 2 nitrogen and oxygen atoms in total. The number of hydrogen-bond donors (Lipinski definition) is 2. The van der Waals surface area contributed by atoms with Crippen molar-refractivity contribution in [2.75, 3.05) is 0 Å². The Labute approximate surface area is 129 Å². The van der Waals surface area contributed by atoms with Gasteiger partial charge in [0.25, 0.3) is 0 Å². The molecule has 0 radical (unpaired) electrons. The summed E-state index contributed by atoms with van der Waals surface area (Å²) in [7, 11) is 0. The lowest BCUT2D eigenvalue weighted by Crippen LogP contribution is -2.54. The summed E-state index contributed by atoms with van der Waals surface area (Å²) in [6, 6.07) is 0. The van der Waals surface area contributed by atoms with Crippen molar-refractivity contribution in [3.8, 4) is 0 Å². The molecular weight excluding hydrogens is 260 g/mol. The zero-order chi connectivity index (χ0) is 14.8. The molecule has 120 valence electrons. The summed E-state index contributed by atoms with van der Waals surface area (Å²) in [5.41, 5.74) is 0.676. The lowest BCUT2D eigenvalue weighted by molar-refractivity contribution is -0.133. The van der Waals surface area contributed by atoms with Crippen LogP contribution in [-0.2, 0) is 0 Å². The van der Waals surface area contributed by atoms with E-state index in [1.54, 1.807) is 0 Å². The molecule has 0 spiro atoms. The van der Waals surface area contributed by atoms with E-state index in [9.17, 15) is 10.2 Å². The van der Waals surface area contributed by atoms with Crippen LogP contribution >= 0.6 is 0 Å². The van der Waals surface area contributed by atoms with Gasteiger partial charge in [-0.05, 0) is 92.3 Å². The maximum atomic E-state index is 10.5. The van der Waals surface area contributed by atoms with Crippen LogP contribution in [0, 0.1) is 34.5 Å². The molecule has 4 aliphatic rings. The second-order valence-electron chi connectivity index (χ2n) is 9.22. The van der Waals surface area contributed by atoms with Crippen LogP contribution in [0.15, 0.2) is 0 Å². The largest absolute Gasteiger partial charge is 0.393 e. The van der Waals surface area contributed by atoms with Crippen LogP contribution in [0.25, 0.3) is 0 Å². The Balaban J connectivity index is 1.62. The molecule has 2 N–H and O–H groups in total. The summed E-state index contributed by atoms with van der Waals surface area (Å²) >= 11 is 0. The van der Waals surface area contributed by atoms with E-state index in [2.05, 4.69) is 13.8 Å². The first kappa shape index (κ1) is 14.5. The molecule has 4 fully saturated rings. The topological polar surface area (TPSA) is 40.5 Å². The van der Waals surface area contributed by atoms with Crippen LogP contribution < -0.4 is 0 Å². The molecular formula is C19H32O2. The minimum Gasteiger partial charge on any atom is -0.393 e. The molecule has 4 rings (SSSR count). The molecule has 2 heteroatoms. The fraction of sp³-hybridized carbons (Fsp3) is 1.00. The van der Waals surface area contributed by atoms with E-state index in [1.807, 2.05) is 0 Å². The molecule has 8 atom stereocenters. The van der Waals surface area contributed by atoms with Crippen LogP contribution in [0.1, 0.15) is 71.6 Å². The van der Waals surface area contributed by atoms with Gasteiger partial charge in [0.1, 0.15) is 0 Å². The van der Waals surface area contributed by atoms with Crippen molar-refractivity contribution in [2.45, 2.75) is 83.8 Å².